The number of carbonyl (C=O) groups is 1. The third-order valence-corrected chi connectivity index (χ3v) is 1.36. The molecule has 1 rings (SSSR count). The predicted molar refractivity (Wildman–Crippen MR) is 30.9 cm³/mol. The maximum Gasteiger partial charge on any atom is 0.337 e. The van der Waals surface area contributed by atoms with Gasteiger partial charge in [-0.2, -0.15) is 0 Å². The summed E-state index contributed by atoms with van der Waals surface area (Å²) in [6.45, 7) is 3.17. The number of esters is 1. The molecule has 0 saturated heterocycles. The van der Waals surface area contributed by atoms with Gasteiger partial charge in [0.1, 0.15) is 5.76 Å². The van der Waals surface area contributed by atoms with E-state index < -0.39 is 12.1 Å². The minimum Gasteiger partial charge on any atom is -0.508 e. The van der Waals surface area contributed by atoms with Crippen LogP contribution in [0.15, 0.2) is 11.3 Å². The zero-order chi connectivity index (χ0) is 7.02. The lowest BCUT2D eigenvalue weighted by Gasteiger charge is -1.99. The molecule has 1 aliphatic heterocycles. The second-order valence-electron chi connectivity index (χ2n) is 2.06. The van der Waals surface area contributed by atoms with E-state index >= 15 is 0 Å². The molecule has 0 saturated carbocycles. The minimum absolute atomic E-state index is 0.0556. The van der Waals surface area contributed by atoms with E-state index in [9.17, 15) is 4.79 Å². The summed E-state index contributed by atoms with van der Waals surface area (Å²) in [6.07, 6.45) is -0.447. The van der Waals surface area contributed by atoms with Gasteiger partial charge in [0.05, 0.1) is 5.57 Å². The molecule has 9 heavy (non-hydrogen) atoms. The molecule has 0 spiro atoms. The lowest BCUT2D eigenvalue weighted by Crippen LogP contribution is -2.05. The van der Waals surface area contributed by atoms with E-state index in [0.717, 1.165) is 0 Å². The van der Waals surface area contributed by atoms with Crippen LogP contribution < -0.4 is 0 Å². The SMILES string of the molecule is CC1=C(O)[C@H](C)OC1=O. The molecule has 0 fully saturated rings. The average Bonchev–Trinajstić information content (AvgIpc) is 1.98. The molecular weight excluding hydrogens is 120 g/mol. The standard InChI is InChI=1S/C6H8O3/c1-3-5(7)4(2)9-6(3)8/h4,7H,1-2H3/t4-/m0/s1. The zero-order valence-electron chi connectivity index (χ0n) is 5.34. The van der Waals surface area contributed by atoms with Crippen molar-refractivity contribution in [1.29, 1.82) is 0 Å². The minimum atomic E-state index is -0.447. The maximum absolute atomic E-state index is 10.6. The van der Waals surface area contributed by atoms with Gasteiger partial charge in [-0.05, 0) is 13.8 Å². The Balaban J connectivity index is 2.92. The fourth-order valence-electron chi connectivity index (χ4n) is 0.714. The van der Waals surface area contributed by atoms with E-state index in [0.29, 0.717) is 5.57 Å². The first-order chi connectivity index (χ1) is 4.13. The smallest absolute Gasteiger partial charge is 0.337 e. The van der Waals surface area contributed by atoms with Crippen molar-refractivity contribution in [2.24, 2.45) is 0 Å². The van der Waals surface area contributed by atoms with Crippen LogP contribution in [0.1, 0.15) is 13.8 Å². The highest BCUT2D eigenvalue weighted by atomic mass is 16.6. The summed E-state index contributed by atoms with van der Waals surface area (Å²) in [5.74, 6) is -0.361. The molecule has 0 aromatic rings. The fraction of sp³-hybridized carbons (Fsp3) is 0.500. The number of rotatable bonds is 0. The molecule has 1 atom stereocenters. The molecule has 3 heteroatoms. The molecule has 0 radical (unpaired) electrons. The van der Waals surface area contributed by atoms with Crippen molar-refractivity contribution in [3.8, 4) is 0 Å². The topological polar surface area (TPSA) is 46.5 Å². The third kappa shape index (κ3) is 0.781. The molecular formula is C6H8O3. The quantitative estimate of drug-likeness (QED) is 0.490. The molecule has 0 unspecified atom stereocenters. The molecule has 50 valence electrons. The van der Waals surface area contributed by atoms with Crippen molar-refractivity contribution in [2.45, 2.75) is 20.0 Å². The van der Waals surface area contributed by atoms with Crippen LogP contribution in [0.3, 0.4) is 0 Å². The molecule has 0 amide bonds. The van der Waals surface area contributed by atoms with Crippen LogP contribution in [0.25, 0.3) is 0 Å². The van der Waals surface area contributed by atoms with Gasteiger partial charge in [0.25, 0.3) is 0 Å². The molecule has 3 nitrogen and oxygen atoms in total. The summed E-state index contributed by atoms with van der Waals surface area (Å²) in [5, 5.41) is 8.97. The van der Waals surface area contributed by atoms with E-state index in [1.165, 1.54) is 0 Å². The highest BCUT2D eigenvalue weighted by Crippen LogP contribution is 2.18. The highest BCUT2D eigenvalue weighted by Gasteiger charge is 2.26. The van der Waals surface area contributed by atoms with Crippen molar-refractivity contribution in [2.75, 3.05) is 0 Å². The summed E-state index contributed by atoms with van der Waals surface area (Å²) in [5.41, 5.74) is 0.322. The van der Waals surface area contributed by atoms with E-state index in [1.54, 1.807) is 13.8 Å². The van der Waals surface area contributed by atoms with E-state index in [4.69, 9.17) is 5.11 Å². The van der Waals surface area contributed by atoms with Crippen LogP contribution >= 0.6 is 0 Å². The van der Waals surface area contributed by atoms with Gasteiger partial charge in [0.15, 0.2) is 6.10 Å². The fourth-order valence-corrected chi connectivity index (χ4v) is 0.714. The molecule has 0 aliphatic carbocycles. The van der Waals surface area contributed by atoms with Crippen molar-refractivity contribution in [3.05, 3.63) is 11.3 Å². The number of hydrogen-bond donors (Lipinski definition) is 1. The van der Waals surface area contributed by atoms with Crippen molar-refractivity contribution < 1.29 is 14.6 Å². The summed E-state index contributed by atoms with van der Waals surface area (Å²) in [6, 6.07) is 0. The Bertz CT molecular complexity index is 181. The van der Waals surface area contributed by atoms with Gasteiger partial charge < -0.3 is 9.84 Å². The maximum atomic E-state index is 10.6. The Morgan fingerprint density at radius 3 is 2.33 bits per heavy atom. The molecule has 1 N–H and O–H groups in total. The Kier molecular flexibility index (Phi) is 1.20. The van der Waals surface area contributed by atoms with E-state index in [2.05, 4.69) is 4.74 Å². The third-order valence-electron chi connectivity index (χ3n) is 1.36. The second kappa shape index (κ2) is 1.76. The zero-order valence-corrected chi connectivity index (χ0v) is 5.34. The van der Waals surface area contributed by atoms with Crippen LogP contribution in [0.2, 0.25) is 0 Å². The lowest BCUT2D eigenvalue weighted by atomic mass is 10.2. The first kappa shape index (κ1) is 6.13. The molecule has 0 aromatic heterocycles. The largest absolute Gasteiger partial charge is 0.508 e. The molecule has 0 aromatic carbocycles. The predicted octanol–water partition coefficient (Wildman–Crippen LogP) is 0.764. The number of carbonyl (C=O) groups excluding carboxylic acids is 1. The number of ether oxygens (including phenoxy) is 1. The Morgan fingerprint density at radius 2 is 2.22 bits per heavy atom. The normalized spacial score (nSPS) is 26.9. The van der Waals surface area contributed by atoms with Crippen LogP contribution in [0.4, 0.5) is 0 Å². The monoisotopic (exact) mass is 128 g/mol. The highest BCUT2D eigenvalue weighted by molar-refractivity contribution is 5.90. The van der Waals surface area contributed by atoms with Crippen LogP contribution in [0, 0.1) is 0 Å². The van der Waals surface area contributed by atoms with Gasteiger partial charge in [-0.25, -0.2) is 4.79 Å². The summed E-state index contributed by atoms with van der Waals surface area (Å²) in [7, 11) is 0. The summed E-state index contributed by atoms with van der Waals surface area (Å²) < 4.78 is 4.62. The molecule has 1 heterocycles. The number of aliphatic hydroxyl groups excluding tert-OH is 1. The molecule has 0 bridgehead atoms. The number of aliphatic hydroxyl groups is 1. The van der Waals surface area contributed by atoms with Gasteiger partial charge in [0.2, 0.25) is 0 Å². The van der Waals surface area contributed by atoms with Gasteiger partial charge in [-0.1, -0.05) is 0 Å². The number of hydrogen-bond acceptors (Lipinski definition) is 3. The Hall–Kier alpha value is -0.990. The first-order valence-electron chi connectivity index (χ1n) is 2.73. The van der Waals surface area contributed by atoms with E-state index in [-0.39, 0.29) is 5.76 Å². The van der Waals surface area contributed by atoms with Crippen molar-refractivity contribution in [1.82, 2.24) is 0 Å². The van der Waals surface area contributed by atoms with Gasteiger partial charge in [-0.3, -0.25) is 0 Å². The van der Waals surface area contributed by atoms with Gasteiger partial charge in [0, 0.05) is 0 Å². The van der Waals surface area contributed by atoms with Gasteiger partial charge in [-0.15, -0.1) is 0 Å². The average molecular weight is 128 g/mol. The first-order valence-corrected chi connectivity index (χ1v) is 2.73. The van der Waals surface area contributed by atoms with Crippen molar-refractivity contribution in [3.63, 3.8) is 0 Å². The van der Waals surface area contributed by atoms with Crippen LogP contribution in [-0.4, -0.2) is 17.2 Å². The Labute approximate surface area is 52.9 Å². The summed E-state index contributed by atoms with van der Waals surface area (Å²) in [4.78, 5) is 10.6. The van der Waals surface area contributed by atoms with Crippen LogP contribution in [-0.2, 0) is 9.53 Å². The Morgan fingerprint density at radius 1 is 1.67 bits per heavy atom. The number of cyclic esters (lactones) is 1. The molecule has 1 aliphatic rings. The van der Waals surface area contributed by atoms with E-state index in [1.807, 2.05) is 0 Å². The lowest BCUT2D eigenvalue weighted by molar-refractivity contribution is -0.139. The van der Waals surface area contributed by atoms with Crippen LogP contribution in [0.5, 0.6) is 0 Å². The van der Waals surface area contributed by atoms with Crippen molar-refractivity contribution >= 4 is 5.97 Å². The van der Waals surface area contributed by atoms with Gasteiger partial charge >= 0.3 is 5.97 Å². The summed E-state index contributed by atoms with van der Waals surface area (Å²) >= 11 is 0. The second-order valence-corrected chi connectivity index (χ2v) is 2.06.